The first-order valence-electron chi connectivity index (χ1n) is 4.97. The molecule has 0 spiro atoms. The zero-order valence-corrected chi connectivity index (χ0v) is 11.7. The van der Waals surface area contributed by atoms with E-state index in [9.17, 15) is 4.79 Å². The van der Waals surface area contributed by atoms with Crippen molar-refractivity contribution >= 4 is 34.3 Å². The highest BCUT2D eigenvalue weighted by atomic mass is 127. The number of halogens is 1. The Morgan fingerprint density at radius 3 is 2.88 bits per heavy atom. The van der Waals surface area contributed by atoms with Crippen molar-refractivity contribution in [2.24, 2.45) is 5.92 Å². The Morgan fingerprint density at radius 2 is 2.31 bits per heavy atom. The van der Waals surface area contributed by atoms with Crippen molar-refractivity contribution in [3.63, 3.8) is 0 Å². The lowest BCUT2D eigenvalue weighted by atomic mass is 10.2. The van der Waals surface area contributed by atoms with Crippen molar-refractivity contribution < 1.29 is 9.53 Å². The van der Waals surface area contributed by atoms with Crippen LogP contribution in [0.5, 0.6) is 0 Å². The van der Waals surface area contributed by atoms with Crippen molar-refractivity contribution in [2.45, 2.75) is 13.8 Å². The average Bonchev–Trinajstić information content (AvgIpc) is 2.24. The molecule has 1 rings (SSSR count). The van der Waals surface area contributed by atoms with E-state index in [0.717, 1.165) is 9.26 Å². The fourth-order valence-corrected chi connectivity index (χ4v) is 1.49. The van der Waals surface area contributed by atoms with E-state index in [-0.39, 0.29) is 11.8 Å². The van der Waals surface area contributed by atoms with E-state index < -0.39 is 0 Å². The number of amides is 1. The summed E-state index contributed by atoms with van der Waals surface area (Å²) in [5.41, 5.74) is 0.915. The third-order valence-corrected chi connectivity index (χ3v) is 3.28. The molecule has 88 valence electrons. The van der Waals surface area contributed by atoms with E-state index >= 15 is 0 Å². The topological polar surface area (TPSA) is 51.2 Å². The van der Waals surface area contributed by atoms with Gasteiger partial charge >= 0.3 is 0 Å². The van der Waals surface area contributed by atoms with Gasteiger partial charge in [-0.25, -0.2) is 4.98 Å². The number of carbonyl (C=O) groups is 1. The molecule has 1 aromatic rings. The van der Waals surface area contributed by atoms with Crippen molar-refractivity contribution in [1.82, 2.24) is 4.98 Å². The smallest absolute Gasteiger partial charge is 0.230 e. The predicted octanol–water partition coefficient (Wildman–Crippen LogP) is 2.22. The first-order valence-corrected chi connectivity index (χ1v) is 6.05. The van der Waals surface area contributed by atoms with E-state index in [4.69, 9.17) is 4.74 Å². The van der Waals surface area contributed by atoms with E-state index in [1.54, 1.807) is 13.2 Å². The van der Waals surface area contributed by atoms with Gasteiger partial charge in [0.25, 0.3) is 0 Å². The van der Waals surface area contributed by atoms with Crippen LogP contribution in [0.25, 0.3) is 0 Å². The zero-order valence-electron chi connectivity index (χ0n) is 9.58. The monoisotopic (exact) mass is 334 g/mol. The molecular weight excluding hydrogens is 319 g/mol. The minimum Gasteiger partial charge on any atom is -0.384 e. The van der Waals surface area contributed by atoms with Crippen LogP contribution >= 0.6 is 22.6 Å². The molecule has 0 aliphatic heterocycles. The quantitative estimate of drug-likeness (QED) is 0.859. The van der Waals surface area contributed by atoms with Gasteiger partial charge in [-0.1, -0.05) is 6.92 Å². The summed E-state index contributed by atoms with van der Waals surface area (Å²) in [6, 6.07) is 3.73. The van der Waals surface area contributed by atoms with E-state index in [1.807, 2.05) is 19.9 Å². The molecule has 1 heterocycles. The number of pyridine rings is 1. The van der Waals surface area contributed by atoms with Crippen LogP contribution in [0.15, 0.2) is 12.1 Å². The molecule has 0 saturated heterocycles. The van der Waals surface area contributed by atoms with Gasteiger partial charge < -0.3 is 10.1 Å². The number of nitrogens with one attached hydrogen (secondary N) is 1. The molecule has 4 nitrogen and oxygen atoms in total. The molecule has 16 heavy (non-hydrogen) atoms. The summed E-state index contributed by atoms with van der Waals surface area (Å²) >= 11 is 2.21. The van der Waals surface area contributed by atoms with Gasteiger partial charge in [-0.3, -0.25) is 4.79 Å². The zero-order chi connectivity index (χ0) is 12.1. The Morgan fingerprint density at radius 1 is 1.62 bits per heavy atom. The fourth-order valence-electron chi connectivity index (χ4n) is 1.19. The number of aromatic nitrogens is 1. The van der Waals surface area contributed by atoms with E-state index in [0.29, 0.717) is 12.4 Å². The lowest BCUT2D eigenvalue weighted by Gasteiger charge is -2.11. The van der Waals surface area contributed by atoms with Crippen LogP contribution in [0, 0.1) is 16.4 Å². The number of carbonyl (C=O) groups excluding carboxylic acids is 1. The molecule has 1 N–H and O–H groups in total. The van der Waals surface area contributed by atoms with Gasteiger partial charge in [0.05, 0.1) is 18.2 Å². The summed E-state index contributed by atoms with van der Waals surface area (Å²) in [4.78, 5) is 15.9. The van der Waals surface area contributed by atoms with E-state index in [2.05, 4.69) is 32.9 Å². The van der Waals surface area contributed by atoms with Crippen molar-refractivity contribution in [1.29, 1.82) is 0 Å². The van der Waals surface area contributed by atoms with Gasteiger partial charge in [-0.15, -0.1) is 0 Å². The second kappa shape index (κ2) is 6.15. The maximum atomic E-state index is 11.7. The Kier molecular flexibility index (Phi) is 5.14. The Bertz CT molecular complexity index is 382. The molecule has 0 aliphatic rings. The Hall–Kier alpha value is -0.690. The lowest BCUT2D eigenvalue weighted by Crippen LogP contribution is -2.24. The van der Waals surface area contributed by atoms with Crippen LogP contribution in [0.4, 0.5) is 5.82 Å². The van der Waals surface area contributed by atoms with Gasteiger partial charge in [0.2, 0.25) is 5.91 Å². The first-order chi connectivity index (χ1) is 7.54. The van der Waals surface area contributed by atoms with Crippen LogP contribution in [0.2, 0.25) is 0 Å². The van der Waals surface area contributed by atoms with Crippen molar-refractivity contribution in [3.8, 4) is 0 Å². The minimum absolute atomic E-state index is 0.0741. The maximum Gasteiger partial charge on any atom is 0.230 e. The molecule has 1 unspecified atom stereocenters. The van der Waals surface area contributed by atoms with Crippen molar-refractivity contribution in [3.05, 3.63) is 21.4 Å². The van der Waals surface area contributed by atoms with Gasteiger partial charge in [0.15, 0.2) is 0 Å². The maximum absolute atomic E-state index is 11.7. The normalized spacial score (nSPS) is 12.2. The molecule has 5 heteroatoms. The summed E-state index contributed by atoms with van der Waals surface area (Å²) in [6.07, 6.45) is 0. The number of aryl methyl sites for hydroxylation is 1. The number of rotatable bonds is 4. The molecule has 0 radical (unpaired) electrons. The number of anilines is 1. The fraction of sp³-hybridized carbons (Fsp3) is 0.455. The second-order valence-corrected chi connectivity index (χ2v) is 4.77. The molecule has 1 atom stereocenters. The highest BCUT2D eigenvalue weighted by molar-refractivity contribution is 14.1. The Balaban J connectivity index is 2.66. The number of nitrogens with zero attached hydrogens (tertiary/aromatic N) is 1. The van der Waals surface area contributed by atoms with Crippen LogP contribution < -0.4 is 5.32 Å². The highest BCUT2D eigenvalue weighted by Crippen LogP contribution is 2.13. The third kappa shape index (κ3) is 3.71. The van der Waals surface area contributed by atoms with Gasteiger partial charge in [-0.05, 0) is 41.6 Å². The van der Waals surface area contributed by atoms with Gasteiger partial charge in [0, 0.05) is 10.7 Å². The number of methoxy groups -OCH3 is 1. The van der Waals surface area contributed by atoms with E-state index in [1.165, 1.54) is 0 Å². The molecule has 0 saturated carbocycles. The molecule has 0 fully saturated rings. The van der Waals surface area contributed by atoms with Gasteiger partial charge in [-0.2, -0.15) is 0 Å². The minimum atomic E-state index is -0.175. The third-order valence-electron chi connectivity index (χ3n) is 2.14. The second-order valence-electron chi connectivity index (χ2n) is 3.61. The summed E-state index contributed by atoms with van der Waals surface area (Å²) in [5.74, 6) is 0.340. The number of ether oxygens (including phenoxy) is 1. The first kappa shape index (κ1) is 13.4. The SMILES string of the molecule is COCC(C)C(=O)Nc1ccc(I)c(C)n1. The molecular formula is C11H15IN2O2. The summed E-state index contributed by atoms with van der Waals surface area (Å²) in [7, 11) is 1.58. The summed E-state index contributed by atoms with van der Waals surface area (Å²) in [6.45, 7) is 4.14. The molecule has 1 aromatic heterocycles. The highest BCUT2D eigenvalue weighted by Gasteiger charge is 2.13. The number of hydrogen-bond donors (Lipinski definition) is 1. The van der Waals surface area contributed by atoms with Crippen LogP contribution in [0.3, 0.4) is 0 Å². The van der Waals surface area contributed by atoms with Crippen molar-refractivity contribution in [2.75, 3.05) is 19.0 Å². The lowest BCUT2D eigenvalue weighted by molar-refractivity contribution is -0.120. The molecule has 0 bridgehead atoms. The average molecular weight is 334 g/mol. The number of hydrogen-bond acceptors (Lipinski definition) is 3. The predicted molar refractivity (Wildman–Crippen MR) is 71.4 cm³/mol. The Labute approximate surface area is 109 Å². The molecule has 1 amide bonds. The van der Waals surface area contributed by atoms with Crippen LogP contribution in [-0.4, -0.2) is 24.6 Å². The summed E-state index contributed by atoms with van der Waals surface area (Å²) < 4.78 is 6.01. The molecule has 0 aromatic carbocycles. The van der Waals surface area contributed by atoms with Crippen LogP contribution in [-0.2, 0) is 9.53 Å². The largest absolute Gasteiger partial charge is 0.384 e. The van der Waals surface area contributed by atoms with Crippen LogP contribution in [0.1, 0.15) is 12.6 Å². The van der Waals surface area contributed by atoms with Gasteiger partial charge in [0.1, 0.15) is 5.82 Å². The summed E-state index contributed by atoms with van der Waals surface area (Å²) in [5, 5.41) is 2.76. The molecule has 0 aliphatic carbocycles. The standard InChI is InChI=1S/C11H15IN2O2/c1-7(6-16-3)11(15)14-10-5-4-9(12)8(2)13-10/h4-5,7H,6H2,1-3H3,(H,13,14,15).